The Labute approximate surface area is 170 Å². The molecule has 5 heterocycles. The second kappa shape index (κ2) is 6.60. The molecule has 7 heteroatoms. The molecular formula is C21H18BrN5O. The van der Waals surface area contributed by atoms with Gasteiger partial charge < -0.3 is 9.47 Å². The average Bonchev–Trinajstić information content (AvgIpc) is 3.32. The van der Waals surface area contributed by atoms with E-state index in [1.807, 2.05) is 47.5 Å². The molecule has 0 radical (unpaired) electrons. The van der Waals surface area contributed by atoms with Crippen molar-refractivity contribution in [3.8, 4) is 11.4 Å². The van der Waals surface area contributed by atoms with Gasteiger partial charge in [-0.1, -0.05) is 6.07 Å². The average molecular weight is 436 g/mol. The molecule has 0 aromatic carbocycles. The summed E-state index contributed by atoms with van der Waals surface area (Å²) in [6.07, 6.45) is 3.66. The maximum Gasteiger partial charge on any atom is 0.275 e. The highest BCUT2D eigenvalue weighted by atomic mass is 79.9. The molecule has 0 fully saturated rings. The Balaban J connectivity index is 1.46. The van der Waals surface area contributed by atoms with Crippen LogP contribution < -0.4 is 0 Å². The van der Waals surface area contributed by atoms with Crippen LogP contribution in [0, 0.1) is 0 Å². The van der Waals surface area contributed by atoms with Crippen LogP contribution in [0.1, 0.15) is 29.1 Å². The maximum atomic E-state index is 13.2. The van der Waals surface area contributed by atoms with Gasteiger partial charge in [-0.3, -0.25) is 9.78 Å². The minimum absolute atomic E-state index is 0.0322. The quantitative estimate of drug-likeness (QED) is 0.474. The van der Waals surface area contributed by atoms with Gasteiger partial charge in [0.25, 0.3) is 5.91 Å². The van der Waals surface area contributed by atoms with Crippen LogP contribution in [0.15, 0.2) is 65.4 Å². The van der Waals surface area contributed by atoms with Gasteiger partial charge in [0.1, 0.15) is 0 Å². The summed E-state index contributed by atoms with van der Waals surface area (Å²) in [5.74, 6) is -0.0424. The SMILES string of the molecule is CC1c2ccc(-c3ccccn3)n2CCN1C(=O)c1cc2ccc(Br)cn2n1. The fraction of sp³-hybridized carbons (Fsp3) is 0.190. The number of hydrogen-bond donors (Lipinski definition) is 0. The van der Waals surface area contributed by atoms with E-state index in [1.54, 1.807) is 10.7 Å². The Morgan fingerprint density at radius 2 is 2.04 bits per heavy atom. The summed E-state index contributed by atoms with van der Waals surface area (Å²) in [5, 5.41) is 4.47. The van der Waals surface area contributed by atoms with Crippen LogP contribution in [0.3, 0.4) is 0 Å². The molecule has 5 rings (SSSR count). The van der Waals surface area contributed by atoms with Crippen LogP contribution >= 0.6 is 15.9 Å². The Bertz CT molecular complexity index is 1180. The molecule has 140 valence electrons. The Morgan fingerprint density at radius 1 is 1.14 bits per heavy atom. The molecule has 4 aromatic rings. The van der Waals surface area contributed by atoms with E-state index in [4.69, 9.17) is 0 Å². The minimum atomic E-state index is -0.0424. The highest BCUT2D eigenvalue weighted by molar-refractivity contribution is 9.10. The first-order chi connectivity index (χ1) is 13.6. The Kier molecular flexibility index (Phi) is 4.05. The highest BCUT2D eigenvalue weighted by Gasteiger charge is 2.31. The monoisotopic (exact) mass is 435 g/mol. The molecule has 0 bridgehead atoms. The number of amides is 1. The lowest BCUT2D eigenvalue weighted by Crippen LogP contribution is -2.41. The molecule has 1 amide bonds. The normalized spacial score (nSPS) is 16.4. The number of pyridine rings is 2. The molecule has 1 aliphatic rings. The van der Waals surface area contributed by atoms with Crippen molar-refractivity contribution in [1.29, 1.82) is 0 Å². The van der Waals surface area contributed by atoms with Crippen LogP contribution in [-0.4, -0.2) is 36.5 Å². The van der Waals surface area contributed by atoms with E-state index in [-0.39, 0.29) is 11.9 Å². The van der Waals surface area contributed by atoms with Crippen molar-refractivity contribution in [3.63, 3.8) is 0 Å². The zero-order valence-corrected chi connectivity index (χ0v) is 16.9. The van der Waals surface area contributed by atoms with Crippen molar-refractivity contribution >= 4 is 27.4 Å². The standard InChI is InChI=1S/C21H18BrN5O/c1-14-19-7-8-20(17-4-2-3-9-23-17)26(19)11-10-25(14)21(28)18-12-16-6-5-15(22)13-27(16)24-18/h2-9,12-14H,10-11H2,1H3. The van der Waals surface area contributed by atoms with Crippen molar-refractivity contribution in [1.82, 2.24) is 24.1 Å². The molecule has 6 nitrogen and oxygen atoms in total. The molecule has 4 aromatic heterocycles. The van der Waals surface area contributed by atoms with Gasteiger partial charge >= 0.3 is 0 Å². The second-order valence-electron chi connectivity index (χ2n) is 6.93. The first-order valence-electron chi connectivity index (χ1n) is 9.18. The summed E-state index contributed by atoms with van der Waals surface area (Å²) < 4.78 is 4.92. The first kappa shape index (κ1) is 17.2. The van der Waals surface area contributed by atoms with Crippen LogP contribution in [0.5, 0.6) is 0 Å². The van der Waals surface area contributed by atoms with Crippen LogP contribution in [0.4, 0.5) is 0 Å². The topological polar surface area (TPSA) is 55.4 Å². The first-order valence-corrected chi connectivity index (χ1v) is 9.98. The second-order valence-corrected chi connectivity index (χ2v) is 7.85. The van der Waals surface area contributed by atoms with Crippen molar-refractivity contribution in [2.24, 2.45) is 0 Å². The zero-order valence-electron chi connectivity index (χ0n) is 15.3. The number of nitrogens with zero attached hydrogens (tertiary/aromatic N) is 5. The highest BCUT2D eigenvalue weighted by Crippen LogP contribution is 2.32. The fourth-order valence-electron chi connectivity index (χ4n) is 3.89. The number of aromatic nitrogens is 4. The minimum Gasteiger partial charge on any atom is -0.340 e. The van der Waals surface area contributed by atoms with Crippen molar-refractivity contribution < 1.29 is 4.79 Å². The van der Waals surface area contributed by atoms with E-state index in [1.165, 1.54) is 0 Å². The molecule has 0 saturated heterocycles. The lowest BCUT2D eigenvalue weighted by molar-refractivity contribution is 0.0638. The van der Waals surface area contributed by atoms with E-state index in [0.717, 1.165) is 33.6 Å². The smallest absolute Gasteiger partial charge is 0.275 e. The van der Waals surface area contributed by atoms with Gasteiger partial charge in [0.2, 0.25) is 0 Å². The van der Waals surface area contributed by atoms with Gasteiger partial charge in [-0.25, -0.2) is 4.52 Å². The molecule has 1 aliphatic heterocycles. The number of halogens is 1. The fourth-order valence-corrected chi connectivity index (χ4v) is 4.21. The van der Waals surface area contributed by atoms with Gasteiger partial charge in [-0.15, -0.1) is 0 Å². The molecule has 28 heavy (non-hydrogen) atoms. The lowest BCUT2D eigenvalue weighted by Gasteiger charge is -2.35. The third-order valence-corrected chi connectivity index (χ3v) is 5.77. The predicted molar refractivity (Wildman–Crippen MR) is 110 cm³/mol. The molecular weight excluding hydrogens is 418 g/mol. The largest absolute Gasteiger partial charge is 0.340 e. The van der Waals surface area contributed by atoms with Crippen molar-refractivity contribution in [3.05, 3.63) is 76.8 Å². The number of fused-ring (bicyclic) bond motifs is 2. The maximum absolute atomic E-state index is 13.2. The van der Waals surface area contributed by atoms with Gasteiger partial charge in [-0.2, -0.15) is 5.10 Å². The third-order valence-electron chi connectivity index (χ3n) is 5.31. The van der Waals surface area contributed by atoms with Crippen molar-refractivity contribution in [2.45, 2.75) is 19.5 Å². The van der Waals surface area contributed by atoms with Crippen LogP contribution in [0.25, 0.3) is 16.9 Å². The van der Waals surface area contributed by atoms with E-state index in [9.17, 15) is 4.79 Å². The number of carbonyl (C=O) groups excluding carboxylic acids is 1. The molecule has 1 atom stereocenters. The van der Waals surface area contributed by atoms with Crippen molar-refractivity contribution in [2.75, 3.05) is 6.54 Å². The summed E-state index contributed by atoms with van der Waals surface area (Å²) in [7, 11) is 0. The Morgan fingerprint density at radius 3 is 2.86 bits per heavy atom. The van der Waals surface area contributed by atoms with E-state index >= 15 is 0 Å². The van der Waals surface area contributed by atoms with Gasteiger partial charge in [0, 0.05) is 35.6 Å². The van der Waals surface area contributed by atoms with E-state index < -0.39 is 0 Å². The summed E-state index contributed by atoms with van der Waals surface area (Å²) in [4.78, 5) is 19.5. The summed E-state index contributed by atoms with van der Waals surface area (Å²) >= 11 is 3.44. The number of carbonyl (C=O) groups is 1. The number of rotatable bonds is 2. The van der Waals surface area contributed by atoms with Gasteiger partial charge in [-0.05, 0) is 65.3 Å². The zero-order chi connectivity index (χ0) is 19.3. The molecule has 0 spiro atoms. The Hall–Kier alpha value is -2.93. The van der Waals surface area contributed by atoms with Crippen LogP contribution in [0.2, 0.25) is 0 Å². The lowest BCUT2D eigenvalue weighted by atomic mass is 10.1. The molecule has 0 aliphatic carbocycles. The number of hydrogen-bond acceptors (Lipinski definition) is 3. The molecule has 0 N–H and O–H groups in total. The van der Waals surface area contributed by atoms with E-state index in [0.29, 0.717) is 12.2 Å². The molecule has 0 saturated carbocycles. The summed E-state index contributed by atoms with van der Waals surface area (Å²) in [6.45, 7) is 3.44. The third kappa shape index (κ3) is 2.74. The summed E-state index contributed by atoms with van der Waals surface area (Å²) in [5.41, 5.74) is 4.53. The summed E-state index contributed by atoms with van der Waals surface area (Å²) in [6, 6.07) is 15.8. The molecule has 1 unspecified atom stereocenters. The predicted octanol–water partition coefficient (Wildman–Crippen LogP) is 4.18. The van der Waals surface area contributed by atoms with Gasteiger partial charge in [0.05, 0.1) is 22.9 Å². The van der Waals surface area contributed by atoms with E-state index in [2.05, 4.69) is 49.6 Å². The van der Waals surface area contributed by atoms with Gasteiger partial charge in [0.15, 0.2) is 5.69 Å². The van der Waals surface area contributed by atoms with Crippen LogP contribution in [-0.2, 0) is 6.54 Å².